The van der Waals surface area contributed by atoms with Crippen LogP contribution in [0.4, 0.5) is 5.69 Å². The number of aryl methyl sites for hydroxylation is 1. The van der Waals surface area contributed by atoms with Gasteiger partial charge in [0, 0.05) is 5.56 Å². The highest BCUT2D eigenvalue weighted by atomic mass is 32.2. The first-order valence-electron chi connectivity index (χ1n) is 13.7. The molecule has 0 radical (unpaired) electrons. The molecule has 0 bridgehead atoms. The Morgan fingerprint density at radius 3 is 2.36 bits per heavy atom. The summed E-state index contributed by atoms with van der Waals surface area (Å²) in [4.78, 5) is 37.9. The number of carboxylic acid groups (broad SMARTS) is 1. The molecular weight excluding hydrogens is 550 g/mol. The fraction of sp³-hybridized carbons (Fsp3) is 0.242. The molecule has 0 saturated heterocycles. The maximum Gasteiger partial charge on any atom is 0.326 e. The molecule has 0 aliphatic heterocycles. The van der Waals surface area contributed by atoms with E-state index in [1.54, 1.807) is 17.8 Å². The van der Waals surface area contributed by atoms with Crippen molar-refractivity contribution in [2.45, 2.75) is 38.0 Å². The number of fused-ring (bicyclic) bond motifs is 1. The van der Waals surface area contributed by atoms with Gasteiger partial charge in [0.25, 0.3) is 5.91 Å². The van der Waals surface area contributed by atoms with Crippen molar-refractivity contribution in [1.29, 1.82) is 0 Å². The molecule has 2 amide bonds. The van der Waals surface area contributed by atoms with Crippen LogP contribution in [0.2, 0.25) is 0 Å². The lowest BCUT2D eigenvalue weighted by molar-refractivity contribution is -0.139. The van der Waals surface area contributed by atoms with Gasteiger partial charge in [0.05, 0.1) is 11.7 Å². The lowest BCUT2D eigenvalue weighted by Crippen LogP contribution is -2.41. The van der Waals surface area contributed by atoms with Crippen molar-refractivity contribution >= 4 is 46.0 Å². The molecule has 0 fully saturated rings. The van der Waals surface area contributed by atoms with Crippen LogP contribution in [0, 0.1) is 0 Å². The van der Waals surface area contributed by atoms with Gasteiger partial charge < -0.3 is 26.2 Å². The fourth-order valence-corrected chi connectivity index (χ4v) is 4.92. The number of carbonyl (C=O) groups excluding carboxylic acids is 2. The number of nitrogens with two attached hydrogens (primary N) is 1. The van der Waals surface area contributed by atoms with Crippen molar-refractivity contribution in [2.75, 3.05) is 17.3 Å². The number of hydrogen-bond acceptors (Lipinski definition) is 6. The van der Waals surface area contributed by atoms with Gasteiger partial charge in [0.2, 0.25) is 5.91 Å². The van der Waals surface area contributed by atoms with Crippen LogP contribution in [0.1, 0.15) is 34.3 Å². The number of amides is 2. The predicted molar refractivity (Wildman–Crippen MR) is 168 cm³/mol. The van der Waals surface area contributed by atoms with E-state index in [1.807, 2.05) is 79.1 Å². The summed E-state index contributed by atoms with van der Waals surface area (Å²) in [6.45, 7) is 0.187. The molecular formula is C33H35N3O5S. The average molecular weight is 586 g/mol. The lowest BCUT2D eigenvalue weighted by Gasteiger charge is -2.18. The standard InChI is InChI=1S/C33H35N3O5S/c1-42-18-17-27(34)32(38)35-28-16-14-26(31(37)36-29(33(39)40)15-12-22-7-3-2-4-8-22)20-30(28)41-21-23-11-13-24-9-5-6-10-25(24)19-23/h2-11,13-14,16,19-20,27,29H,12,15,17-18,21,34H2,1H3,(H,35,38)(H,36,37)(H,39,40)/t27-,29-/m0/s1. The smallest absolute Gasteiger partial charge is 0.326 e. The Morgan fingerprint density at radius 1 is 0.881 bits per heavy atom. The molecule has 8 nitrogen and oxygen atoms in total. The minimum atomic E-state index is -1.12. The molecule has 0 aromatic heterocycles. The molecule has 4 rings (SSSR count). The van der Waals surface area contributed by atoms with Gasteiger partial charge >= 0.3 is 5.97 Å². The summed E-state index contributed by atoms with van der Waals surface area (Å²) in [5.74, 6) is -1.01. The minimum Gasteiger partial charge on any atom is -0.487 e. The molecule has 5 N–H and O–H groups in total. The Labute approximate surface area is 249 Å². The van der Waals surface area contributed by atoms with Gasteiger partial charge in [-0.05, 0) is 77.4 Å². The lowest BCUT2D eigenvalue weighted by atomic mass is 10.0. The minimum absolute atomic E-state index is 0.187. The number of carboxylic acids is 1. The van der Waals surface area contributed by atoms with Crippen LogP contribution in [0.25, 0.3) is 10.8 Å². The molecule has 2 atom stereocenters. The molecule has 218 valence electrons. The predicted octanol–water partition coefficient (Wildman–Crippen LogP) is 5.25. The van der Waals surface area contributed by atoms with Gasteiger partial charge in [0.15, 0.2) is 0 Å². The van der Waals surface area contributed by atoms with Crippen LogP contribution in [-0.2, 0) is 22.6 Å². The highest BCUT2D eigenvalue weighted by molar-refractivity contribution is 7.98. The molecule has 0 spiro atoms. The average Bonchev–Trinajstić information content (AvgIpc) is 3.01. The van der Waals surface area contributed by atoms with E-state index in [2.05, 4.69) is 10.6 Å². The second-order valence-electron chi connectivity index (χ2n) is 9.95. The molecule has 0 aliphatic rings. The van der Waals surface area contributed by atoms with Gasteiger partial charge in [-0.25, -0.2) is 4.79 Å². The third-order valence-electron chi connectivity index (χ3n) is 6.85. The number of carbonyl (C=O) groups is 3. The first kappa shape index (κ1) is 30.6. The topological polar surface area (TPSA) is 131 Å². The van der Waals surface area contributed by atoms with Crippen LogP contribution < -0.4 is 21.1 Å². The maximum atomic E-state index is 13.2. The van der Waals surface area contributed by atoms with E-state index < -0.39 is 24.0 Å². The molecule has 0 heterocycles. The number of ether oxygens (including phenoxy) is 1. The van der Waals surface area contributed by atoms with Crippen molar-refractivity contribution in [1.82, 2.24) is 5.32 Å². The Kier molecular flexibility index (Phi) is 11.0. The summed E-state index contributed by atoms with van der Waals surface area (Å²) in [5, 5.41) is 17.4. The number of rotatable bonds is 14. The Balaban J connectivity index is 1.52. The molecule has 42 heavy (non-hydrogen) atoms. The summed E-state index contributed by atoms with van der Waals surface area (Å²) < 4.78 is 6.13. The summed E-state index contributed by atoms with van der Waals surface area (Å²) in [7, 11) is 0. The first-order valence-corrected chi connectivity index (χ1v) is 15.1. The Hall–Kier alpha value is -4.34. The molecule has 0 aliphatic carbocycles. The second kappa shape index (κ2) is 15.0. The number of hydrogen-bond donors (Lipinski definition) is 4. The van der Waals surface area contributed by atoms with E-state index in [4.69, 9.17) is 10.5 Å². The van der Waals surface area contributed by atoms with E-state index >= 15 is 0 Å². The van der Waals surface area contributed by atoms with Gasteiger partial charge in [-0.15, -0.1) is 0 Å². The van der Waals surface area contributed by atoms with E-state index in [0.29, 0.717) is 18.5 Å². The third kappa shape index (κ3) is 8.58. The van der Waals surface area contributed by atoms with Crippen LogP contribution >= 0.6 is 11.8 Å². The van der Waals surface area contributed by atoms with Crippen LogP contribution in [-0.4, -0.2) is 47.0 Å². The van der Waals surface area contributed by atoms with Crippen molar-refractivity contribution in [3.8, 4) is 5.75 Å². The van der Waals surface area contributed by atoms with Crippen LogP contribution in [0.15, 0.2) is 91.0 Å². The summed E-state index contributed by atoms with van der Waals surface area (Å²) in [6.07, 6.45) is 3.20. The summed E-state index contributed by atoms with van der Waals surface area (Å²) in [5.41, 5.74) is 8.53. The number of anilines is 1. The van der Waals surface area contributed by atoms with E-state index in [9.17, 15) is 19.5 Å². The second-order valence-corrected chi connectivity index (χ2v) is 10.9. The quantitative estimate of drug-likeness (QED) is 0.159. The Bertz CT molecular complexity index is 1530. The summed E-state index contributed by atoms with van der Waals surface area (Å²) in [6, 6.07) is 26.3. The van der Waals surface area contributed by atoms with Crippen molar-refractivity contribution in [3.63, 3.8) is 0 Å². The molecule has 9 heteroatoms. The fourth-order valence-electron chi connectivity index (χ4n) is 4.43. The van der Waals surface area contributed by atoms with Gasteiger partial charge in [-0.3, -0.25) is 9.59 Å². The number of aliphatic carboxylic acids is 1. The van der Waals surface area contributed by atoms with Gasteiger partial charge in [0.1, 0.15) is 18.4 Å². The molecule has 0 saturated carbocycles. The van der Waals surface area contributed by atoms with Crippen molar-refractivity contribution in [2.24, 2.45) is 5.73 Å². The first-order chi connectivity index (χ1) is 20.3. The van der Waals surface area contributed by atoms with E-state index in [0.717, 1.165) is 27.7 Å². The Morgan fingerprint density at radius 2 is 1.62 bits per heavy atom. The number of nitrogens with one attached hydrogen (secondary N) is 2. The normalized spacial score (nSPS) is 12.3. The highest BCUT2D eigenvalue weighted by Gasteiger charge is 2.22. The molecule has 4 aromatic rings. The largest absolute Gasteiger partial charge is 0.487 e. The van der Waals surface area contributed by atoms with Gasteiger partial charge in [-0.2, -0.15) is 11.8 Å². The maximum absolute atomic E-state index is 13.2. The van der Waals surface area contributed by atoms with E-state index in [1.165, 1.54) is 12.1 Å². The highest BCUT2D eigenvalue weighted by Crippen LogP contribution is 2.28. The monoisotopic (exact) mass is 585 g/mol. The van der Waals surface area contributed by atoms with Crippen LogP contribution in [0.5, 0.6) is 5.75 Å². The zero-order valence-electron chi connectivity index (χ0n) is 23.4. The van der Waals surface area contributed by atoms with E-state index in [-0.39, 0.29) is 30.2 Å². The SMILES string of the molecule is CSCC[C@H](N)C(=O)Nc1ccc(C(=O)N[C@@H](CCc2ccccc2)C(=O)O)cc1OCc1ccc2ccccc2c1. The van der Waals surface area contributed by atoms with Crippen molar-refractivity contribution < 1.29 is 24.2 Å². The molecule has 0 unspecified atom stereocenters. The third-order valence-corrected chi connectivity index (χ3v) is 7.49. The number of benzene rings is 4. The zero-order valence-corrected chi connectivity index (χ0v) is 24.2. The van der Waals surface area contributed by atoms with Crippen molar-refractivity contribution in [3.05, 3.63) is 108 Å². The number of thioether (sulfide) groups is 1. The van der Waals surface area contributed by atoms with Crippen LogP contribution in [0.3, 0.4) is 0 Å². The summed E-state index contributed by atoms with van der Waals surface area (Å²) >= 11 is 1.61. The van der Waals surface area contributed by atoms with Gasteiger partial charge in [-0.1, -0.05) is 66.7 Å². The molecule has 4 aromatic carbocycles. The zero-order chi connectivity index (χ0) is 29.9.